The van der Waals surface area contributed by atoms with Crippen molar-refractivity contribution in [3.8, 4) is 0 Å². The van der Waals surface area contributed by atoms with E-state index in [4.69, 9.17) is 5.11 Å². The minimum atomic E-state index is 0.195. The number of nitrogens with zero attached hydrogens (tertiary/aromatic N) is 1. The number of rotatable bonds is 23. The predicted molar refractivity (Wildman–Crippen MR) is 126 cm³/mol. The van der Waals surface area contributed by atoms with Crippen LogP contribution in [0.2, 0.25) is 0 Å². The summed E-state index contributed by atoms with van der Waals surface area (Å²) in [5, 5.41) is 11.8. The number of aliphatic hydroxyl groups is 1. The Kier molecular flexibility index (Phi) is 23.2. The second-order valence-corrected chi connectivity index (χ2v) is 8.78. The zero-order valence-electron chi connectivity index (χ0n) is 19.9. The zero-order chi connectivity index (χ0) is 21.4. The number of amides is 1. The van der Waals surface area contributed by atoms with E-state index in [0.29, 0.717) is 13.0 Å². The Labute approximate surface area is 182 Å². The number of nitrogens with one attached hydrogen (secondary N) is 1. The molecule has 0 saturated heterocycles. The summed E-state index contributed by atoms with van der Waals surface area (Å²) >= 11 is 0. The van der Waals surface area contributed by atoms with Crippen LogP contribution >= 0.6 is 0 Å². The zero-order valence-corrected chi connectivity index (χ0v) is 19.9. The third-order valence-corrected chi connectivity index (χ3v) is 5.78. The molecule has 0 bridgehead atoms. The fourth-order valence-electron chi connectivity index (χ4n) is 3.78. The lowest BCUT2D eigenvalue weighted by Crippen LogP contribution is -2.29. The van der Waals surface area contributed by atoms with E-state index in [2.05, 4.69) is 17.1 Å². The van der Waals surface area contributed by atoms with Crippen LogP contribution < -0.4 is 5.32 Å². The highest BCUT2D eigenvalue weighted by Gasteiger charge is 2.02. The molecule has 0 aliphatic carbocycles. The Morgan fingerprint density at radius 2 is 1.14 bits per heavy atom. The smallest absolute Gasteiger partial charge is 0.219 e. The first-order valence-corrected chi connectivity index (χ1v) is 12.8. The summed E-state index contributed by atoms with van der Waals surface area (Å²) in [6.07, 6.45) is 23.4. The van der Waals surface area contributed by atoms with Gasteiger partial charge in [0.15, 0.2) is 0 Å². The largest absolute Gasteiger partial charge is 0.395 e. The Balaban J connectivity index is 3.16. The van der Waals surface area contributed by atoms with Crippen LogP contribution in [-0.4, -0.2) is 49.2 Å². The molecule has 0 aromatic heterocycles. The van der Waals surface area contributed by atoms with Gasteiger partial charge in [-0.25, -0.2) is 0 Å². The summed E-state index contributed by atoms with van der Waals surface area (Å²) in [7, 11) is 1.99. The van der Waals surface area contributed by atoms with Gasteiger partial charge >= 0.3 is 0 Å². The average Bonchev–Trinajstić information content (AvgIpc) is 2.71. The van der Waals surface area contributed by atoms with Crippen LogP contribution in [0.3, 0.4) is 0 Å². The van der Waals surface area contributed by atoms with Crippen molar-refractivity contribution in [2.75, 3.05) is 33.3 Å². The van der Waals surface area contributed by atoms with E-state index < -0.39 is 0 Å². The molecule has 0 heterocycles. The van der Waals surface area contributed by atoms with Crippen molar-refractivity contribution >= 4 is 5.91 Å². The molecular formula is C25H52N2O2. The van der Waals surface area contributed by atoms with Crippen molar-refractivity contribution in [2.24, 2.45) is 0 Å². The molecule has 2 N–H and O–H groups in total. The summed E-state index contributed by atoms with van der Waals surface area (Å²) in [6.45, 7) is 4.84. The standard InChI is InChI=1S/C25H52N2O2/c1-3-4-5-6-7-8-9-10-11-12-13-14-15-16-17-18-20-25(29)26-21-19-22-27(2)23-24-28/h28H,3-24H2,1-2H3,(H,26,29). The average molecular weight is 413 g/mol. The van der Waals surface area contributed by atoms with Gasteiger partial charge in [0.2, 0.25) is 5.91 Å². The number of hydrogen-bond acceptors (Lipinski definition) is 3. The number of hydrogen-bond donors (Lipinski definition) is 2. The highest BCUT2D eigenvalue weighted by molar-refractivity contribution is 5.75. The van der Waals surface area contributed by atoms with E-state index in [0.717, 1.165) is 25.9 Å². The maximum atomic E-state index is 11.8. The molecule has 4 nitrogen and oxygen atoms in total. The lowest BCUT2D eigenvalue weighted by atomic mass is 10.0. The first-order valence-electron chi connectivity index (χ1n) is 12.8. The monoisotopic (exact) mass is 412 g/mol. The van der Waals surface area contributed by atoms with Gasteiger partial charge in [0, 0.05) is 19.5 Å². The van der Waals surface area contributed by atoms with Crippen LogP contribution in [0.5, 0.6) is 0 Å². The van der Waals surface area contributed by atoms with Crippen molar-refractivity contribution in [3.05, 3.63) is 0 Å². The molecule has 174 valence electrons. The summed E-state index contributed by atoms with van der Waals surface area (Å²) in [4.78, 5) is 13.9. The van der Waals surface area contributed by atoms with Gasteiger partial charge in [-0.2, -0.15) is 0 Å². The Morgan fingerprint density at radius 1 is 0.690 bits per heavy atom. The number of likely N-dealkylation sites (N-methyl/N-ethyl adjacent to an activating group) is 1. The molecule has 0 radical (unpaired) electrons. The van der Waals surface area contributed by atoms with Crippen LogP contribution in [0.15, 0.2) is 0 Å². The van der Waals surface area contributed by atoms with Gasteiger partial charge in [0.25, 0.3) is 0 Å². The first kappa shape index (κ1) is 28.4. The van der Waals surface area contributed by atoms with E-state index in [9.17, 15) is 4.79 Å². The van der Waals surface area contributed by atoms with Gasteiger partial charge in [-0.15, -0.1) is 0 Å². The maximum absolute atomic E-state index is 11.8. The molecule has 29 heavy (non-hydrogen) atoms. The normalized spacial score (nSPS) is 11.3. The van der Waals surface area contributed by atoms with E-state index in [1.54, 1.807) is 0 Å². The van der Waals surface area contributed by atoms with Crippen molar-refractivity contribution in [1.82, 2.24) is 10.2 Å². The molecular weight excluding hydrogens is 360 g/mol. The van der Waals surface area contributed by atoms with E-state index >= 15 is 0 Å². The summed E-state index contributed by atoms with van der Waals surface area (Å²) < 4.78 is 0. The third kappa shape index (κ3) is 23.5. The Hall–Kier alpha value is -0.610. The molecule has 4 heteroatoms. The summed E-state index contributed by atoms with van der Waals surface area (Å²) in [5.41, 5.74) is 0. The molecule has 0 aromatic rings. The quantitative estimate of drug-likeness (QED) is 0.200. The SMILES string of the molecule is CCCCCCCCCCCCCCCCCCC(=O)NCCCN(C)CCO. The summed E-state index contributed by atoms with van der Waals surface area (Å²) in [5.74, 6) is 0.195. The van der Waals surface area contributed by atoms with Crippen LogP contribution in [0.25, 0.3) is 0 Å². The highest BCUT2D eigenvalue weighted by Crippen LogP contribution is 2.14. The highest BCUT2D eigenvalue weighted by atomic mass is 16.3. The van der Waals surface area contributed by atoms with Crippen LogP contribution in [0, 0.1) is 0 Å². The molecule has 1 amide bonds. The predicted octanol–water partition coefficient (Wildman–Crippen LogP) is 6.07. The second kappa shape index (κ2) is 23.7. The van der Waals surface area contributed by atoms with E-state index in [-0.39, 0.29) is 12.5 Å². The first-order chi connectivity index (χ1) is 14.2. The third-order valence-electron chi connectivity index (χ3n) is 5.78. The second-order valence-electron chi connectivity index (χ2n) is 8.78. The van der Waals surface area contributed by atoms with Crippen molar-refractivity contribution in [2.45, 2.75) is 122 Å². The van der Waals surface area contributed by atoms with Crippen molar-refractivity contribution in [1.29, 1.82) is 0 Å². The van der Waals surface area contributed by atoms with Gasteiger partial charge in [0.05, 0.1) is 6.61 Å². The molecule has 0 aliphatic heterocycles. The molecule has 0 unspecified atom stereocenters. The minimum Gasteiger partial charge on any atom is -0.395 e. The van der Waals surface area contributed by atoms with Crippen LogP contribution in [0.1, 0.15) is 122 Å². The molecule has 0 aromatic carbocycles. The van der Waals surface area contributed by atoms with Crippen LogP contribution in [0.4, 0.5) is 0 Å². The van der Waals surface area contributed by atoms with Crippen molar-refractivity contribution in [3.63, 3.8) is 0 Å². The fourth-order valence-corrected chi connectivity index (χ4v) is 3.78. The van der Waals surface area contributed by atoms with Gasteiger partial charge in [-0.3, -0.25) is 4.79 Å². The van der Waals surface area contributed by atoms with Gasteiger partial charge in [0.1, 0.15) is 0 Å². The molecule has 0 saturated carbocycles. The lowest BCUT2D eigenvalue weighted by molar-refractivity contribution is -0.121. The molecule has 0 aliphatic rings. The molecule has 0 spiro atoms. The summed E-state index contributed by atoms with van der Waals surface area (Å²) in [6, 6.07) is 0. The van der Waals surface area contributed by atoms with Crippen LogP contribution in [-0.2, 0) is 4.79 Å². The number of aliphatic hydroxyl groups excluding tert-OH is 1. The van der Waals surface area contributed by atoms with Gasteiger partial charge in [-0.05, 0) is 26.4 Å². The molecule has 0 atom stereocenters. The fraction of sp³-hybridized carbons (Fsp3) is 0.960. The van der Waals surface area contributed by atoms with Gasteiger partial charge < -0.3 is 15.3 Å². The minimum absolute atomic E-state index is 0.195. The lowest BCUT2D eigenvalue weighted by Gasteiger charge is -2.14. The van der Waals surface area contributed by atoms with E-state index in [1.165, 1.54) is 96.3 Å². The number of carbonyl (C=O) groups excluding carboxylic acids is 1. The topological polar surface area (TPSA) is 52.6 Å². The number of unbranched alkanes of at least 4 members (excludes halogenated alkanes) is 15. The Morgan fingerprint density at radius 3 is 1.59 bits per heavy atom. The Bertz CT molecular complexity index is 337. The van der Waals surface area contributed by atoms with Crippen molar-refractivity contribution < 1.29 is 9.90 Å². The van der Waals surface area contributed by atoms with E-state index in [1.807, 2.05) is 7.05 Å². The van der Waals surface area contributed by atoms with Gasteiger partial charge in [-0.1, -0.05) is 103 Å². The molecule has 0 fully saturated rings. The molecule has 0 rings (SSSR count). The maximum Gasteiger partial charge on any atom is 0.219 e. The number of carbonyl (C=O) groups is 1.